The number of hydrogen-bond acceptors (Lipinski definition) is 3. The average Bonchev–Trinajstić information content (AvgIpc) is 2.58. The minimum absolute atomic E-state index is 0.155. The molecule has 1 N–H and O–H groups in total. The topological polar surface area (TPSA) is 38.1 Å². The molecule has 0 fully saturated rings. The molecule has 0 atom stereocenters. The molecule has 0 aliphatic heterocycles. The van der Waals surface area contributed by atoms with Gasteiger partial charge in [-0.1, -0.05) is 13.8 Å². The highest BCUT2D eigenvalue weighted by Crippen LogP contribution is 2.22. The van der Waals surface area contributed by atoms with Crippen LogP contribution in [0, 0.1) is 0 Å². The molecule has 0 aliphatic rings. The van der Waals surface area contributed by atoms with Gasteiger partial charge in [-0.15, -0.1) is 0 Å². The number of nitrogens with zero attached hydrogens (tertiary/aromatic N) is 1. The maximum Gasteiger partial charge on any atom is 0.389 e. The molecule has 1 aromatic heterocycles. The van der Waals surface area contributed by atoms with Crippen molar-refractivity contribution in [1.82, 2.24) is 10.3 Å². The van der Waals surface area contributed by atoms with E-state index < -0.39 is 12.6 Å². The summed E-state index contributed by atoms with van der Waals surface area (Å²) in [6.07, 6.45) is -3.83. The van der Waals surface area contributed by atoms with Crippen LogP contribution < -0.4 is 5.32 Å². The Morgan fingerprint density at radius 2 is 2.12 bits per heavy atom. The van der Waals surface area contributed by atoms with Crippen molar-refractivity contribution in [3.63, 3.8) is 0 Å². The highest BCUT2D eigenvalue weighted by molar-refractivity contribution is 4.94. The predicted octanol–water partition coefficient (Wildman–Crippen LogP) is 2.67. The van der Waals surface area contributed by atoms with Crippen LogP contribution in [-0.4, -0.2) is 17.2 Å². The first-order valence-electron chi connectivity index (χ1n) is 5.10. The normalized spacial score (nSPS) is 12.4. The van der Waals surface area contributed by atoms with E-state index in [1.807, 2.05) is 13.8 Å². The minimum Gasteiger partial charge on any atom is -0.444 e. The van der Waals surface area contributed by atoms with Gasteiger partial charge in [-0.25, -0.2) is 4.98 Å². The van der Waals surface area contributed by atoms with Gasteiger partial charge in [0, 0.05) is 12.5 Å². The zero-order chi connectivity index (χ0) is 12.2. The SMILES string of the molecule is CC(C)NCc1ncc(CCC(F)(F)F)o1. The second-order valence-corrected chi connectivity index (χ2v) is 3.87. The zero-order valence-electron chi connectivity index (χ0n) is 9.27. The van der Waals surface area contributed by atoms with Crippen LogP contribution >= 0.6 is 0 Å². The monoisotopic (exact) mass is 236 g/mol. The van der Waals surface area contributed by atoms with Crippen molar-refractivity contribution in [2.24, 2.45) is 0 Å². The van der Waals surface area contributed by atoms with Crippen molar-refractivity contribution in [1.29, 1.82) is 0 Å². The van der Waals surface area contributed by atoms with Crippen molar-refractivity contribution in [3.05, 3.63) is 17.8 Å². The first-order valence-corrected chi connectivity index (χ1v) is 5.10. The Labute approximate surface area is 92.0 Å². The van der Waals surface area contributed by atoms with Gasteiger partial charge in [0.15, 0.2) is 0 Å². The summed E-state index contributed by atoms with van der Waals surface area (Å²) in [4.78, 5) is 3.89. The standard InChI is InChI=1S/C10H15F3N2O/c1-7(2)14-6-9-15-5-8(16-9)3-4-10(11,12)13/h5,7,14H,3-4,6H2,1-2H3. The third kappa shape index (κ3) is 5.16. The number of alkyl halides is 3. The quantitative estimate of drug-likeness (QED) is 0.854. The fourth-order valence-corrected chi connectivity index (χ4v) is 1.10. The minimum atomic E-state index is -4.15. The number of aryl methyl sites for hydroxylation is 1. The smallest absolute Gasteiger partial charge is 0.389 e. The summed E-state index contributed by atoms with van der Waals surface area (Å²) < 4.78 is 40.9. The van der Waals surface area contributed by atoms with Crippen LogP contribution in [-0.2, 0) is 13.0 Å². The van der Waals surface area contributed by atoms with Crippen LogP contribution in [0.5, 0.6) is 0 Å². The second-order valence-electron chi connectivity index (χ2n) is 3.87. The molecular weight excluding hydrogens is 221 g/mol. The van der Waals surface area contributed by atoms with E-state index in [1.165, 1.54) is 6.20 Å². The molecule has 3 nitrogen and oxygen atoms in total. The van der Waals surface area contributed by atoms with Crippen LogP contribution in [0.15, 0.2) is 10.6 Å². The Morgan fingerprint density at radius 1 is 1.44 bits per heavy atom. The summed E-state index contributed by atoms with van der Waals surface area (Å²) in [5.74, 6) is 0.698. The number of nitrogens with one attached hydrogen (secondary N) is 1. The molecule has 6 heteroatoms. The molecule has 0 radical (unpaired) electrons. The molecule has 1 heterocycles. The van der Waals surface area contributed by atoms with E-state index in [-0.39, 0.29) is 18.2 Å². The van der Waals surface area contributed by atoms with Crippen molar-refractivity contribution < 1.29 is 17.6 Å². The Bertz CT molecular complexity index is 320. The maximum atomic E-state index is 11.9. The Kier molecular flexibility index (Phi) is 4.35. The van der Waals surface area contributed by atoms with E-state index in [2.05, 4.69) is 10.3 Å². The molecule has 1 rings (SSSR count). The van der Waals surface area contributed by atoms with E-state index in [1.54, 1.807) is 0 Å². The molecule has 0 spiro atoms. The van der Waals surface area contributed by atoms with Crippen molar-refractivity contribution >= 4 is 0 Å². The second kappa shape index (κ2) is 5.34. The molecule has 0 aliphatic carbocycles. The number of rotatable bonds is 5. The van der Waals surface area contributed by atoms with E-state index in [0.29, 0.717) is 12.4 Å². The fourth-order valence-electron chi connectivity index (χ4n) is 1.10. The Morgan fingerprint density at radius 3 is 2.69 bits per heavy atom. The van der Waals surface area contributed by atoms with E-state index >= 15 is 0 Å². The van der Waals surface area contributed by atoms with E-state index in [4.69, 9.17) is 4.42 Å². The highest BCUT2D eigenvalue weighted by atomic mass is 19.4. The molecule has 0 saturated heterocycles. The third-order valence-corrected chi connectivity index (χ3v) is 1.92. The lowest BCUT2D eigenvalue weighted by Gasteiger charge is -2.04. The first-order chi connectivity index (χ1) is 7.37. The molecular formula is C10H15F3N2O. The molecule has 1 aromatic rings. The van der Waals surface area contributed by atoms with Gasteiger partial charge in [-0.2, -0.15) is 13.2 Å². The van der Waals surface area contributed by atoms with Gasteiger partial charge in [0.25, 0.3) is 0 Å². The van der Waals surface area contributed by atoms with E-state index in [9.17, 15) is 13.2 Å². The van der Waals surface area contributed by atoms with Gasteiger partial charge in [-0.05, 0) is 0 Å². The summed E-state index contributed by atoms with van der Waals surface area (Å²) in [6, 6.07) is 0.283. The van der Waals surface area contributed by atoms with Crippen molar-refractivity contribution in [2.75, 3.05) is 0 Å². The van der Waals surface area contributed by atoms with Crippen molar-refractivity contribution in [3.8, 4) is 0 Å². The van der Waals surface area contributed by atoms with Crippen molar-refractivity contribution in [2.45, 2.75) is 45.5 Å². The summed E-state index contributed by atoms with van der Waals surface area (Å²) in [7, 11) is 0. The Hall–Kier alpha value is -1.04. The van der Waals surface area contributed by atoms with Gasteiger partial charge < -0.3 is 9.73 Å². The lowest BCUT2D eigenvalue weighted by Crippen LogP contribution is -2.21. The average molecular weight is 236 g/mol. The maximum absolute atomic E-state index is 11.9. The highest BCUT2D eigenvalue weighted by Gasteiger charge is 2.27. The lowest BCUT2D eigenvalue weighted by atomic mass is 10.2. The molecule has 0 saturated carbocycles. The Balaban J connectivity index is 2.39. The molecule has 0 aromatic carbocycles. The molecule has 92 valence electrons. The summed E-state index contributed by atoms with van der Waals surface area (Å²) >= 11 is 0. The van der Waals surface area contributed by atoms with Gasteiger partial charge in [0.2, 0.25) is 5.89 Å². The summed E-state index contributed by atoms with van der Waals surface area (Å²) in [5.41, 5.74) is 0. The zero-order valence-corrected chi connectivity index (χ0v) is 9.27. The number of hydrogen-bond donors (Lipinski definition) is 1. The fraction of sp³-hybridized carbons (Fsp3) is 0.700. The van der Waals surface area contributed by atoms with Gasteiger partial charge in [0.05, 0.1) is 19.2 Å². The van der Waals surface area contributed by atoms with Gasteiger partial charge in [-0.3, -0.25) is 0 Å². The van der Waals surface area contributed by atoms with Gasteiger partial charge >= 0.3 is 6.18 Å². The van der Waals surface area contributed by atoms with Crippen LogP contribution in [0.4, 0.5) is 13.2 Å². The number of halogens is 3. The molecule has 0 bridgehead atoms. The van der Waals surface area contributed by atoms with Gasteiger partial charge in [0.1, 0.15) is 5.76 Å². The largest absolute Gasteiger partial charge is 0.444 e. The van der Waals surface area contributed by atoms with Crippen LogP contribution in [0.2, 0.25) is 0 Å². The van der Waals surface area contributed by atoms with E-state index in [0.717, 1.165) is 0 Å². The van der Waals surface area contributed by atoms with Crippen LogP contribution in [0.25, 0.3) is 0 Å². The third-order valence-electron chi connectivity index (χ3n) is 1.92. The van der Waals surface area contributed by atoms with Crippen LogP contribution in [0.3, 0.4) is 0 Å². The molecule has 0 amide bonds. The molecule has 0 unspecified atom stereocenters. The molecule has 16 heavy (non-hydrogen) atoms. The summed E-state index contributed by atoms with van der Waals surface area (Å²) in [6.45, 7) is 4.37. The predicted molar refractivity (Wildman–Crippen MR) is 52.9 cm³/mol. The van der Waals surface area contributed by atoms with Crippen LogP contribution in [0.1, 0.15) is 31.9 Å². The summed E-state index contributed by atoms with van der Waals surface area (Å²) in [5, 5.41) is 3.07. The number of oxazole rings is 1. The first kappa shape index (κ1) is 13.0. The lowest BCUT2D eigenvalue weighted by molar-refractivity contribution is -0.134. The number of aromatic nitrogens is 1.